The van der Waals surface area contributed by atoms with Crippen LogP contribution in [0.2, 0.25) is 0 Å². The third kappa shape index (κ3) is 3.64. The molecular formula is C23H26N6S. The molecule has 0 saturated carbocycles. The molecule has 0 spiro atoms. The number of benzene rings is 2. The van der Waals surface area contributed by atoms with Crippen molar-refractivity contribution in [1.29, 1.82) is 0 Å². The van der Waals surface area contributed by atoms with Crippen LogP contribution in [-0.2, 0) is 13.2 Å². The first kappa shape index (κ1) is 19.4. The van der Waals surface area contributed by atoms with Gasteiger partial charge in [0.25, 0.3) is 5.78 Å². The molecule has 0 unspecified atom stereocenters. The van der Waals surface area contributed by atoms with Crippen molar-refractivity contribution in [2.75, 3.05) is 26.2 Å². The number of nitrogens with zero attached hydrogens (tertiary/aromatic N) is 6. The third-order valence-corrected chi connectivity index (χ3v) is 6.34. The lowest BCUT2D eigenvalue weighted by atomic mass is 10.0. The molecule has 1 fully saturated rings. The Kier molecular flexibility index (Phi) is 5.10. The molecule has 5 rings (SSSR count). The highest BCUT2D eigenvalue weighted by Crippen LogP contribution is 2.20. The molecule has 2 aromatic heterocycles. The largest absolute Gasteiger partial charge is 0.297 e. The molecule has 2 aromatic carbocycles. The van der Waals surface area contributed by atoms with Gasteiger partial charge in [0.2, 0.25) is 4.77 Å². The fraction of sp³-hybridized carbons (Fsp3) is 0.348. The second-order valence-electron chi connectivity index (χ2n) is 8.13. The molecule has 0 N–H and O–H groups in total. The molecule has 0 radical (unpaired) electrons. The molecule has 0 bridgehead atoms. The van der Waals surface area contributed by atoms with Gasteiger partial charge in [-0.2, -0.15) is 0 Å². The van der Waals surface area contributed by atoms with Crippen LogP contribution in [0.1, 0.15) is 17.0 Å². The Bertz CT molecular complexity index is 1260. The minimum absolute atomic E-state index is 0.687. The minimum atomic E-state index is 0.687. The van der Waals surface area contributed by atoms with E-state index >= 15 is 0 Å². The van der Waals surface area contributed by atoms with Gasteiger partial charge >= 0.3 is 0 Å². The summed E-state index contributed by atoms with van der Waals surface area (Å²) in [4.78, 5) is 9.49. The quantitative estimate of drug-likeness (QED) is 0.472. The Balaban J connectivity index is 1.26. The van der Waals surface area contributed by atoms with Crippen LogP contribution in [0, 0.1) is 18.6 Å². The highest BCUT2D eigenvalue weighted by molar-refractivity contribution is 7.71. The Morgan fingerprint density at radius 1 is 0.933 bits per heavy atom. The average molecular weight is 419 g/mol. The maximum Gasteiger partial charge on any atom is 0.254 e. The van der Waals surface area contributed by atoms with Gasteiger partial charge in [0.05, 0.1) is 6.67 Å². The molecule has 7 heteroatoms. The molecular weight excluding hydrogens is 392 g/mol. The molecule has 6 nitrogen and oxygen atoms in total. The van der Waals surface area contributed by atoms with E-state index in [-0.39, 0.29) is 0 Å². The van der Waals surface area contributed by atoms with Gasteiger partial charge in [-0.25, -0.2) is 9.67 Å². The Labute approximate surface area is 181 Å². The number of aromatic nitrogens is 4. The van der Waals surface area contributed by atoms with Crippen LogP contribution in [0.3, 0.4) is 0 Å². The van der Waals surface area contributed by atoms with Crippen molar-refractivity contribution in [3.63, 3.8) is 0 Å². The summed E-state index contributed by atoms with van der Waals surface area (Å²) in [6.07, 6.45) is 0. The topological polar surface area (TPSA) is 41.6 Å². The number of rotatable bonds is 4. The van der Waals surface area contributed by atoms with Crippen LogP contribution < -0.4 is 0 Å². The maximum absolute atomic E-state index is 5.67. The minimum Gasteiger partial charge on any atom is -0.297 e. The third-order valence-electron chi connectivity index (χ3n) is 5.94. The monoisotopic (exact) mass is 418 g/mol. The summed E-state index contributed by atoms with van der Waals surface area (Å²) >= 11 is 5.67. The summed E-state index contributed by atoms with van der Waals surface area (Å²) in [6.45, 7) is 9.84. The summed E-state index contributed by atoms with van der Waals surface area (Å²) < 4.78 is 4.58. The molecule has 0 atom stereocenters. The zero-order chi connectivity index (χ0) is 20.7. The van der Waals surface area contributed by atoms with E-state index in [1.54, 1.807) is 0 Å². The summed E-state index contributed by atoms with van der Waals surface area (Å²) in [5, 5.41) is 7.33. The summed E-state index contributed by atoms with van der Waals surface area (Å²) in [6, 6.07) is 17.3. The van der Waals surface area contributed by atoms with Gasteiger partial charge in [0.1, 0.15) is 0 Å². The smallest absolute Gasteiger partial charge is 0.254 e. The van der Waals surface area contributed by atoms with Crippen molar-refractivity contribution < 1.29 is 0 Å². The molecule has 1 saturated heterocycles. The van der Waals surface area contributed by atoms with Crippen LogP contribution in [-0.4, -0.2) is 55.1 Å². The van der Waals surface area contributed by atoms with Crippen molar-refractivity contribution in [2.24, 2.45) is 0 Å². The predicted molar refractivity (Wildman–Crippen MR) is 122 cm³/mol. The van der Waals surface area contributed by atoms with Gasteiger partial charge in [-0.1, -0.05) is 42.5 Å². The van der Waals surface area contributed by atoms with Crippen LogP contribution in [0.25, 0.3) is 16.6 Å². The molecule has 154 valence electrons. The highest BCUT2D eigenvalue weighted by atomic mass is 32.1. The van der Waals surface area contributed by atoms with Gasteiger partial charge in [0.15, 0.2) is 0 Å². The van der Waals surface area contributed by atoms with E-state index < -0.39 is 0 Å². The van der Waals surface area contributed by atoms with E-state index in [9.17, 15) is 0 Å². The van der Waals surface area contributed by atoms with Crippen LogP contribution in [0.15, 0.2) is 48.5 Å². The first-order valence-electron chi connectivity index (χ1n) is 10.4. The number of fused-ring (bicyclic) bond motifs is 2. The Hall–Kier alpha value is -2.61. The van der Waals surface area contributed by atoms with E-state index in [0.29, 0.717) is 17.2 Å². The molecule has 4 aromatic rings. The van der Waals surface area contributed by atoms with E-state index in [0.717, 1.165) is 44.1 Å². The molecule has 30 heavy (non-hydrogen) atoms. The van der Waals surface area contributed by atoms with Crippen molar-refractivity contribution in [3.8, 4) is 0 Å². The summed E-state index contributed by atoms with van der Waals surface area (Å²) in [5.74, 6) is 0.687. The first-order chi connectivity index (χ1) is 14.6. The van der Waals surface area contributed by atoms with Crippen molar-refractivity contribution in [2.45, 2.75) is 27.1 Å². The molecule has 0 aliphatic carbocycles. The maximum atomic E-state index is 5.67. The SMILES string of the molecule is Cc1cc(C)n2c(=S)n(CN3CCN(Cc4cccc5ccccc45)CC3)nc2n1. The lowest BCUT2D eigenvalue weighted by Gasteiger charge is -2.34. The first-order valence-corrected chi connectivity index (χ1v) is 10.8. The van der Waals surface area contributed by atoms with Crippen molar-refractivity contribution in [3.05, 3.63) is 70.3 Å². The number of hydrogen-bond acceptors (Lipinski definition) is 5. The Morgan fingerprint density at radius 3 is 2.50 bits per heavy atom. The Morgan fingerprint density at radius 2 is 1.67 bits per heavy atom. The van der Waals surface area contributed by atoms with E-state index in [1.807, 2.05) is 22.1 Å². The van der Waals surface area contributed by atoms with Crippen molar-refractivity contribution in [1.82, 2.24) is 29.0 Å². The predicted octanol–water partition coefficient (Wildman–Crippen LogP) is 3.81. The van der Waals surface area contributed by atoms with E-state index in [1.165, 1.54) is 16.3 Å². The van der Waals surface area contributed by atoms with Crippen LogP contribution in [0.4, 0.5) is 0 Å². The van der Waals surface area contributed by atoms with Gasteiger partial charge in [0, 0.05) is 44.1 Å². The standard InChI is InChI=1S/C23H26N6S/c1-17-14-18(2)29-22(24-17)25-28(23(29)30)16-27-12-10-26(11-13-27)15-20-8-5-7-19-6-3-4-9-21(19)20/h3-9,14H,10-13,15-16H2,1-2H3. The van der Waals surface area contributed by atoms with Crippen LogP contribution in [0.5, 0.6) is 0 Å². The summed E-state index contributed by atoms with van der Waals surface area (Å²) in [5.41, 5.74) is 3.45. The van der Waals surface area contributed by atoms with Gasteiger partial charge in [-0.05, 0) is 48.5 Å². The van der Waals surface area contributed by atoms with Crippen molar-refractivity contribution >= 4 is 28.8 Å². The fourth-order valence-electron chi connectivity index (χ4n) is 4.38. The van der Waals surface area contributed by atoms with Gasteiger partial charge < -0.3 is 0 Å². The number of aryl methyl sites for hydroxylation is 2. The number of piperazine rings is 1. The summed E-state index contributed by atoms with van der Waals surface area (Å²) in [7, 11) is 0. The van der Waals surface area contributed by atoms with E-state index in [2.05, 4.69) is 69.3 Å². The lowest BCUT2D eigenvalue weighted by molar-refractivity contribution is 0.0985. The zero-order valence-electron chi connectivity index (χ0n) is 17.5. The average Bonchev–Trinajstić information content (AvgIpc) is 3.05. The zero-order valence-corrected chi connectivity index (χ0v) is 18.3. The normalized spacial score (nSPS) is 15.9. The van der Waals surface area contributed by atoms with Crippen LogP contribution >= 0.6 is 12.2 Å². The molecule has 1 aliphatic heterocycles. The fourth-order valence-corrected chi connectivity index (χ4v) is 4.70. The second kappa shape index (κ2) is 7.91. The molecule has 1 aliphatic rings. The highest BCUT2D eigenvalue weighted by Gasteiger charge is 2.19. The van der Waals surface area contributed by atoms with Gasteiger partial charge in [-0.3, -0.25) is 14.2 Å². The molecule has 0 amide bonds. The van der Waals surface area contributed by atoms with E-state index in [4.69, 9.17) is 12.2 Å². The lowest BCUT2D eigenvalue weighted by Crippen LogP contribution is -2.46. The van der Waals surface area contributed by atoms with Gasteiger partial charge in [-0.15, -0.1) is 5.10 Å². The number of hydrogen-bond donors (Lipinski definition) is 0. The molecule has 3 heterocycles. The second-order valence-corrected chi connectivity index (χ2v) is 8.50.